The van der Waals surface area contributed by atoms with Crippen LogP contribution in [-0.4, -0.2) is 30.9 Å². The maximum atomic E-state index is 11.3. The molecule has 1 unspecified atom stereocenters. The summed E-state index contributed by atoms with van der Waals surface area (Å²) >= 11 is 0. The van der Waals surface area contributed by atoms with Gasteiger partial charge >= 0.3 is 0 Å². The molecule has 84 valence electrons. The number of hydrogen-bond donors (Lipinski definition) is 1. The Morgan fingerprint density at radius 1 is 1.53 bits per heavy atom. The van der Waals surface area contributed by atoms with Gasteiger partial charge in [-0.1, -0.05) is 6.07 Å². The fourth-order valence-electron chi connectivity index (χ4n) is 1.39. The molecule has 0 radical (unpaired) electrons. The van der Waals surface area contributed by atoms with Gasteiger partial charge in [-0.25, -0.2) is 0 Å². The minimum atomic E-state index is 0.0405. The topological polar surface area (TPSA) is 43.3 Å². The zero-order valence-electron chi connectivity index (χ0n) is 9.27. The quantitative estimate of drug-likeness (QED) is 0.742. The Kier molecular flexibility index (Phi) is 5.07. The largest absolute Gasteiger partial charge is 0.383 e. The molecular formula is C11H18N2O2. The summed E-state index contributed by atoms with van der Waals surface area (Å²) in [6, 6.07) is 5.49. The van der Waals surface area contributed by atoms with Crippen molar-refractivity contribution in [1.29, 1.82) is 0 Å². The van der Waals surface area contributed by atoms with Crippen LogP contribution in [-0.2, 0) is 11.3 Å². The van der Waals surface area contributed by atoms with Crippen molar-refractivity contribution in [2.45, 2.75) is 19.5 Å². The highest BCUT2D eigenvalue weighted by Crippen LogP contribution is 1.84. The molecule has 4 nitrogen and oxygen atoms in total. The first-order valence-electron chi connectivity index (χ1n) is 5.12. The Morgan fingerprint density at radius 2 is 2.33 bits per heavy atom. The number of nitrogens with one attached hydrogen (secondary N) is 1. The summed E-state index contributed by atoms with van der Waals surface area (Å²) in [5.41, 5.74) is 0.0405. The van der Waals surface area contributed by atoms with Crippen LogP contribution in [0, 0.1) is 0 Å². The molecule has 0 spiro atoms. The Morgan fingerprint density at radius 3 is 3.00 bits per heavy atom. The average Bonchev–Trinajstić information content (AvgIpc) is 2.21. The van der Waals surface area contributed by atoms with E-state index in [1.54, 1.807) is 30.0 Å². The summed E-state index contributed by atoms with van der Waals surface area (Å²) in [6.45, 7) is 4.20. The van der Waals surface area contributed by atoms with E-state index in [1.165, 1.54) is 0 Å². The van der Waals surface area contributed by atoms with E-state index in [4.69, 9.17) is 4.74 Å². The van der Waals surface area contributed by atoms with E-state index in [1.807, 2.05) is 6.07 Å². The molecule has 1 aromatic rings. The van der Waals surface area contributed by atoms with Gasteiger partial charge in [0.2, 0.25) is 0 Å². The lowest BCUT2D eigenvalue weighted by Crippen LogP contribution is -2.34. The molecule has 0 saturated carbocycles. The normalized spacial score (nSPS) is 12.7. The highest BCUT2D eigenvalue weighted by atomic mass is 16.5. The third kappa shape index (κ3) is 4.27. The van der Waals surface area contributed by atoms with Gasteiger partial charge in [0.05, 0.1) is 6.61 Å². The summed E-state index contributed by atoms with van der Waals surface area (Å²) in [5.74, 6) is 0. The van der Waals surface area contributed by atoms with Crippen LogP contribution in [0.1, 0.15) is 6.92 Å². The van der Waals surface area contributed by atoms with Gasteiger partial charge < -0.3 is 14.6 Å². The van der Waals surface area contributed by atoms with Crippen molar-refractivity contribution >= 4 is 0 Å². The second-order valence-corrected chi connectivity index (χ2v) is 3.54. The molecule has 15 heavy (non-hydrogen) atoms. The molecule has 0 aliphatic rings. The molecule has 0 amide bonds. The van der Waals surface area contributed by atoms with E-state index in [-0.39, 0.29) is 5.56 Å². The van der Waals surface area contributed by atoms with E-state index in [0.717, 1.165) is 6.54 Å². The average molecular weight is 210 g/mol. The van der Waals surface area contributed by atoms with Gasteiger partial charge in [-0.15, -0.1) is 0 Å². The number of nitrogens with zero attached hydrogens (tertiary/aromatic N) is 1. The minimum absolute atomic E-state index is 0.0405. The summed E-state index contributed by atoms with van der Waals surface area (Å²) in [5, 5.41) is 3.27. The first-order chi connectivity index (χ1) is 7.24. The second kappa shape index (κ2) is 6.37. The highest BCUT2D eigenvalue weighted by molar-refractivity contribution is 4.93. The lowest BCUT2D eigenvalue weighted by atomic mass is 10.3. The van der Waals surface area contributed by atoms with Gasteiger partial charge in [-0.05, 0) is 13.0 Å². The Labute approximate surface area is 89.9 Å². The Balaban J connectivity index is 2.32. The summed E-state index contributed by atoms with van der Waals surface area (Å²) in [6.07, 6.45) is 1.80. The molecule has 0 fully saturated rings. The molecule has 0 aromatic carbocycles. The molecule has 1 N–H and O–H groups in total. The van der Waals surface area contributed by atoms with Gasteiger partial charge in [0.25, 0.3) is 5.56 Å². The van der Waals surface area contributed by atoms with Crippen molar-refractivity contribution < 1.29 is 4.74 Å². The lowest BCUT2D eigenvalue weighted by molar-refractivity contribution is 0.172. The molecule has 0 saturated heterocycles. The van der Waals surface area contributed by atoms with Crippen LogP contribution >= 0.6 is 0 Å². The summed E-state index contributed by atoms with van der Waals surface area (Å²) in [7, 11) is 1.68. The molecule has 1 rings (SSSR count). The molecule has 1 atom stereocenters. The van der Waals surface area contributed by atoms with Gasteiger partial charge in [0.15, 0.2) is 0 Å². The number of ether oxygens (including phenoxy) is 1. The lowest BCUT2D eigenvalue weighted by Gasteiger charge is -2.13. The van der Waals surface area contributed by atoms with Crippen LogP contribution in [0.25, 0.3) is 0 Å². The smallest absolute Gasteiger partial charge is 0.250 e. The monoisotopic (exact) mass is 210 g/mol. The van der Waals surface area contributed by atoms with Crippen molar-refractivity contribution in [2.24, 2.45) is 0 Å². The number of hydrogen-bond acceptors (Lipinski definition) is 3. The predicted octanol–water partition coefficient (Wildman–Crippen LogP) is 0.473. The number of methoxy groups -OCH3 is 1. The zero-order valence-corrected chi connectivity index (χ0v) is 9.27. The van der Waals surface area contributed by atoms with E-state index in [9.17, 15) is 4.79 Å². The highest BCUT2D eigenvalue weighted by Gasteiger charge is 1.99. The van der Waals surface area contributed by atoms with Crippen molar-refractivity contribution in [2.75, 3.05) is 20.3 Å². The number of aromatic nitrogens is 1. The van der Waals surface area contributed by atoms with Crippen LogP contribution in [0.4, 0.5) is 0 Å². The summed E-state index contributed by atoms with van der Waals surface area (Å²) < 4.78 is 6.69. The van der Waals surface area contributed by atoms with Crippen molar-refractivity contribution in [3.63, 3.8) is 0 Å². The SMILES string of the molecule is COCC(C)NCCn1ccccc1=O. The third-order valence-electron chi connectivity index (χ3n) is 2.16. The Hall–Kier alpha value is -1.13. The number of pyridine rings is 1. The third-order valence-corrected chi connectivity index (χ3v) is 2.16. The van der Waals surface area contributed by atoms with Gasteiger partial charge in [0, 0.05) is 38.5 Å². The van der Waals surface area contributed by atoms with Gasteiger partial charge in [-0.3, -0.25) is 4.79 Å². The fourth-order valence-corrected chi connectivity index (χ4v) is 1.39. The van der Waals surface area contributed by atoms with Crippen LogP contribution in [0.2, 0.25) is 0 Å². The maximum absolute atomic E-state index is 11.3. The summed E-state index contributed by atoms with van der Waals surface area (Å²) in [4.78, 5) is 11.3. The van der Waals surface area contributed by atoms with Crippen LogP contribution in [0.15, 0.2) is 29.2 Å². The van der Waals surface area contributed by atoms with Gasteiger partial charge in [-0.2, -0.15) is 0 Å². The van der Waals surface area contributed by atoms with Crippen LogP contribution in [0.5, 0.6) is 0 Å². The standard InChI is InChI=1S/C11H18N2O2/c1-10(9-15-2)12-6-8-13-7-4-3-5-11(13)14/h3-5,7,10,12H,6,8-9H2,1-2H3. The molecular weight excluding hydrogens is 192 g/mol. The maximum Gasteiger partial charge on any atom is 0.250 e. The van der Waals surface area contributed by atoms with Crippen molar-refractivity contribution in [3.05, 3.63) is 34.7 Å². The molecule has 1 aromatic heterocycles. The first kappa shape index (κ1) is 11.9. The molecule has 0 aliphatic carbocycles. The first-order valence-corrected chi connectivity index (χ1v) is 5.12. The fraction of sp³-hybridized carbons (Fsp3) is 0.545. The molecule has 4 heteroatoms. The van der Waals surface area contributed by atoms with Crippen LogP contribution < -0.4 is 10.9 Å². The zero-order chi connectivity index (χ0) is 11.1. The van der Waals surface area contributed by atoms with Gasteiger partial charge in [0.1, 0.15) is 0 Å². The van der Waals surface area contributed by atoms with Crippen molar-refractivity contribution in [1.82, 2.24) is 9.88 Å². The molecule has 0 aliphatic heterocycles. The molecule has 1 heterocycles. The molecule has 0 bridgehead atoms. The van der Waals surface area contributed by atoms with E-state index >= 15 is 0 Å². The second-order valence-electron chi connectivity index (χ2n) is 3.54. The minimum Gasteiger partial charge on any atom is -0.383 e. The van der Waals surface area contributed by atoms with E-state index < -0.39 is 0 Å². The predicted molar refractivity (Wildman–Crippen MR) is 60.0 cm³/mol. The van der Waals surface area contributed by atoms with Crippen molar-refractivity contribution in [3.8, 4) is 0 Å². The van der Waals surface area contributed by atoms with E-state index in [2.05, 4.69) is 12.2 Å². The Bertz CT molecular complexity index is 335. The van der Waals surface area contributed by atoms with Crippen LogP contribution in [0.3, 0.4) is 0 Å². The number of rotatable bonds is 6. The van der Waals surface area contributed by atoms with E-state index in [0.29, 0.717) is 19.2 Å².